The van der Waals surface area contributed by atoms with Gasteiger partial charge in [0.15, 0.2) is 0 Å². The zero-order valence-corrected chi connectivity index (χ0v) is 17.2. The van der Waals surface area contributed by atoms with Crippen molar-refractivity contribution in [3.05, 3.63) is 65.7 Å². The van der Waals surface area contributed by atoms with Crippen molar-refractivity contribution in [2.75, 3.05) is 5.32 Å². The maximum absolute atomic E-state index is 12.4. The van der Waals surface area contributed by atoms with Gasteiger partial charge in [-0.3, -0.25) is 9.59 Å². The molecule has 2 aromatic carbocycles. The molecule has 30 heavy (non-hydrogen) atoms. The Kier molecular flexibility index (Phi) is 7.06. The highest BCUT2D eigenvalue weighted by Crippen LogP contribution is 2.30. The summed E-state index contributed by atoms with van der Waals surface area (Å²) in [5.41, 5.74) is 2.51. The van der Waals surface area contributed by atoms with Crippen LogP contribution in [0.2, 0.25) is 0 Å². The second-order valence-corrected chi connectivity index (χ2v) is 7.54. The molecule has 0 heterocycles. The summed E-state index contributed by atoms with van der Waals surface area (Å²) in [6.07, 6.45) is 1.27. The second kappa shape index (κ2) is 9.91. The van der Waals surface area contributed by atoms with Crippen molar-refractivity contribution >= 4 is 23.6 Å². The Bertz CT molecular complexity index is 879. The number of carbonyl (C=O) groups excluding carboxylic acids is 3. The third-order valence-electron chi connectivity index (χ3n) is 4.93. The third kappa shape index (κ3) is 6.34. The Morgan fingerprint density at radius 1 is 0.967 bits per heavy atom. The van der Waals surface area contributed by atoms with E-state index in [9.17, 15) is 14.4 Å². The molecule has 1 aliphatic carbocycles. The normalized spacial score (nSPS) is 14.9. The van der Waals surface area contributed by atoms with E-state index in [-0.39, 0.29) is 30.4 Å². The van der Waals surface area contributed by atoms with Crippen molar-refractivity contribution < 1.29 is 19.1 Å². The third-order valence-corrected chi connectivity index (χ3v) is 4.93. The number of benzene rings is 2. The summed E-state index contributed by atoms with van der Waals surface area (Å²) in [6.45, 7) is 3.60. The molecule has 1 fully saturated rings. The van der Waals surface area contributed by atoms with Crippen molar-refractivity contribution in [2.24, 2.45) is 5.92 Å². The first kappa shape index (κ1) is 21.4. The summed E-state index contributed by atoms with van der Waals surface area (Å²) in [4.78, 5) is 36.1. The lowest BCUT2D eigenvalue weighted by molar-refractivity contribution is -0.123. The molecule has 3 amide bonds. The topological polar surface area (TPSA) is 96.5 Å². The highest BCUT2D eigenvalue weighted by molar-refractivity contribution is 5.94. The van der Waals surface area contributed by atoms with Crippen LogP contribution in [0, 0.1) is 5.92 Å². The number of alkyl carbamates (subject to hydrolysis) is 1. The average Bonchev–Trinajstić information content (AvgIpc) is 3.59. The van der Waals surface area contributed by atoms with Gasteiger partial charge in [0.2, 0.25) is 11.8 Å². The Labute approximate surface area is 176 Å². The average molecular weight is 409 g/mol. The fourth-order valence-electron chi connectivity index (χ4n) is 2.87. The van der Waals surface area contributed by atoms with Gasteiger partial charge in [0.25, 0.3) is 0 Å². The van der Waals surface area contributed by atoms with Crippen LogP contribution in [0.5, 0.6) is 0 Å². The molecule has 0 saturated heterocycles. The SMILES string of the molecule is CC(NC(=O)[C@H](C)NC(=O)OCc1ccccc1)c1ccc(NC(=O)C2CC2)cc1. The molecule has 3 rings (SSSR count). The zero-order chi connectivity index (χ0) is 21.5. The summed E-state index contributed by atoms with van der Waals surface area (Å²) >= 11 is 0. The molecule has 0 spiro atoms. The van der Waals surface area contributed by atoms with Crippen LogP contribution in [0.3, 0.4) is 0 Å². The molecular weight excluding hydrogens is 382 g/mol. The Balaban J connectivity index is 1.43. The summed E-state index contributed by atoms with van der Waals surface area (Å²) in [7, 11) is 0. The van der Waals surface area contributed by atoms with Crippen LogP contribution in [0.4, 0.5) is 10.5 Å². The summed E-state index contributed by atoms with van der Waals surface area (Å²) in [6, 6.07) is 15.7. The van der Waals surface area contributed by atoms with Gasteiger partial charge in [0.1, 0.15) is 12.6 Å². The predicted molar refractivity (Wildman–Crippen MR) is 114 cm³/mol. The second-order valence-electron chi connectivity index (χ2n) is 7.54. The minimum absolute atomic E-state index is 0.0585. The molecule has 1 aliphatic rings. The van der Waals surface area contributed by atoms with E-state index in [0.717, 1.165) is 29.7 Å². The molecule has 7 nitrogen and oxygen atoms in total. The van der Waals surface area contributed by atoms with E-state index in [1.165, 1.54) is 0 Å². The molecule has 3 N–H and O–H groups in total. The van der Waals surface area contributed by atoms with Gasteiger partial charge < -0.3 is 20.7 Å². The fraction of sp³-hybridized carbons (Fsp3) is 0.348. The van der Waals surface area contributed by atoms with Gasteiger partial charge in [-0.2, -0.15) is 0 Å². The molecule has 2 aromatic rings. The van der Waals surface area contributed by atoms with E-state index in [0.29, 0.717) is 0 Å². The van der Waals surface area contributed by atoms with Gasteiger partial charge in [0, 0.05) is 11.6 Å². The van der Waals surface area contributed by atoms with Crippen LogP contribution >= 0.6 is 0 Å². The molecule has 1 saturated carbocycles. The minimum Gasteiger partial charge on any atom is -0.445 e. The van der Waals surface area contributed by atoms with Crippen LogP contribution in [-0.2, 0) is 20.9 Å². The number of amides is 3. The minimum atomic E-state index is -0.743. The largest absolute Gasteiger partial charge is 0.445 e. The molecule has 0 aromatic heterocycles. The van der Waals surface area contributed by atoms with Crippen molar-refractivity contribution in [3.63, 3.8) is 0 Å². The number of nitrogens with one attached hydrogen (secondary N) is 3. The first-order chi connectivity index (χ1) is 14.4. The van der Waals surface area contributed by atoms with E-state index in [1.54, 1.807) is 6.92 Å². The van der Waals surface area contributed by atoms with Crippen LogP contribution in [-0.4, -0.2) is 23.9 Å². The first-order valence-corrected chi connectivity index (χ1v) is 10.1. The monoisotopic (exact) mass is 409 g/mol. The standard InChI is InChI=1S/C23H27N3O4/c1-15(18-10-12-20(13-11-18)26-22(28)19-8-9-19)24-21(27)16(2)25-23(29)30-14-17-6-4-3-5-7-17/h3-7,10-13,15-16,19H,8-9,14H2,1-2H3,(H,24,27)(H,25,29)(H,26,28)/t15?,16-/m0/s1. The van der Waals surface area contributed by atoms with Crippen molar-refractivity contribution in [3.8, 4) is 0 Å². The van der Waals surface area contributed by atoms with Gasteiger partial charge in [0.05, 0.1) is 6.04 Å². The van der Waals surface area contributed by atoms with Crippen LogP contribution in [0.1, 0.15) is 43.9 Å². The van der Waals surface area contributed by atoms with Crippen molar-refractivity contribution in [2.45, 2.75) is 45.4 Å². The number of carbonyl (C=O) groups is 3. The first-order valence-electron chi connectivity index (χ1n) is 10.1. The number of rotatable bonds is 8. The molecule has 0 bridgehead atoms. The van der Waals surface area contributed by atoms with Gasteiger partial charge in [-0.15, -0.1) is 0 Å². The van der Waals surface area contributed by atoms with Crippen molar-refractivity contribution in [1.82, 2.24) is 10.6 Å². The Morgan fingerprint density at radius 2 is 1.63 bits per heavy atom. The maximum atomic E-state index is 12.4. The lowest BCUT2D eigenvalue weighted by Crippen LogP contribution is -2.45. The smallest absolute Gasteiger partial charge is 0.408 e. The molecule has 158 valence electrons. The van der Waals surface area contributed by atoms with Crippen molar-refractivity contribution in [1.29, 1.82) is 0 Å². The van der Waals surface area contributed by atoms with E-state index < -0.39 is 12.1 Å². The molecular formula is C23H27N3O4. The highest BCUT2D eigenvalue weighted by Gasteiger charge is 2.29. The molecule has 1 unspecified atom stereocenters. The number of anilines is 1. The number of hydrogen-bond acceptors (Lipinski definition) is 4. The van der Waals surface area contributed by atoms with Gasteiger partial charge in [-0.25, -0.2) is 4.79 Å². The predicted octanol–water partition coefficient (Wildman–Crippen LogP) is 3.53. The quantitative estimate of drug-likeness (QED) is 0.621. The van der Waals surface area contributed by atoms with E-state index in [2.05, 4.69) is 16.0 Å². The van der Waals surface area contributed by atoms with E-state index in [4.69, 9.17) is 4.74 Å². The lowest BCUT2D eigenvalue weighted by atomic mass is 10.1. The van der Waals surface area contributed by atoms with Gasteiger partial charge >= 0.3 is 6.09 Å². The molecule has 7 heteroatoms. The summed E-state index contributed by atoms with van der Waals surface area (Å²) in [5, 5.41) is 8.29. The fourth-order valence-corrected chi connectivity index (χ4v) is 2.87. The van der Waals surface area contributed by atoms with E-state index >= 15 is 0 Å². The van der Waals surface area contributed by atoms with Crippen LogP contribution in [0.15, 0.2) is 54.6 Å². The van der Waals surface area contributed by atoms with Crippen LogP contribution < -0.4 is 16.0 Å². The van der Waals surface area contributed by atoms with Gasteiger partial charge in [-0.1, -0.05) is 42.5 Å². The van der Waals surface area contributed by atoms with E-state index in [1.807, 2.05) is 61.5 Å². The Hall–Kier alpha value is -3.35. The van der Waals surface area contributed by atoms with Gasteiger partial charge in [-0.05, 0) is 49.9 Å². The zero-order valence-electron chi connectivity index (χ0n) is 17.2. The number of hydrogen-bond donors (Lipinski definition) is 3. The lowest BCUT2D eigenvalue weighted by Gasteiger charge is -2.19. The number of ether oxygens (including phenoxy) is 1. The summed E-state index contributed by atoms with van der Waals surface area (Å²) in [5.74, 6) is -0.107. The highest BCUT2D eigenvalue weighted by atomic mass is 16.5. The molecule has 2 atom stereocenters. The van der Waals surface area contributed by atoms with Crippen LogP contribution in [0.25, 0.3) is 0 Å². The maximum Gasteiger partial charge on any atom is 0.408 e. The summed E-state index contributed by atoms with van der Waals surface area (Å²) < 4.78 is 5.14. The molecule has 0 aliphatic heterocycles. The Morgan fingerprint density at radius 3 is 2.27 bits per heavy atom. The molecule has 0 radical (unpaired) electrons.